The molecule has 1 radical (unpaired) electrons. The Bertz CT molecular complexity index is 393. The lowest BCUT2D eigenvalue weighted by Gasteiger charge is -2.00. The van der Waals surface area contributed by atoms with Crippen molar-refractivity contribution in [3.63, 3.8) is 0 Å². The maximum absolute atomic E-state index is 9.22. The van der Waals surface area contributed by atoms with E-state index in [1.165, 1.54) is 0 Å². The van der Waals surface area contributed by atoms with Crippen molar-refractivity contribution in [3.05, 3.63) is 54.6 Å². The summed E-state index contributed by atoms with van der Waals surface area (Å²) >= 11 is 0. The lowest BCUT2D eigenvalue weighted by Crippen LogP contribution is -1.75. The van der Waals surface area contributed by atoms with Gasteiger partial charge in [-0.1, -0.05) is 36.4 Å². The smallest absolute Gasteiger partial charge is 0.124 e. The van der Waals surface area contributed by atoms with Crippen LogP contribution in [0.5, 0.6) is 5.75 Å². The normalized spacial score (nSPS) is 9.85. The zero-order valence-electron chi connectivity index (χ0n) is 7.07. The minimum atomic E-state index is 0.182. The highest BCUT2D eigenvalue weighted by atomic mass is 16.3. The summed E-state index contributed by atoms with van der Waals surface area (Å²) in [7, 11) is 0. The van der Waals surface area contributed by atoms with E-state index >= 15 is 0 Å². The van der Waals surface area contributed by atoms with Gasteiger partial charge in [0.2, 0.25) is 0 Å². The molecule has 0 atom stereocenters. The van der Waals surface area contributed by atoms with Gasteiger partial charge in [0, 0.05) is 6.07 Å². The van der Waals surface area contributed by atoms with Crippen molar-refractivity contribution in [2.45, 2.75) is 0 Å². The van der Waals surface area contributed by atoms with E-state index in [0.29, 0.717) is 0 Å². The van der Waals surface area contributed by atoms with Gasteiger partial charge in [-0.25, -0.2) is 0 Å². The molecule has 0 unspecified atom stereocenters. The molecule has 0 spiro atoms. The monoisotopic (exact) mass is 169 g/mol. The molecule has 2 rings (SSSR count). The molecule has 13 heavy (non-hydrogen) atoms. The van der Waals surface area contributed by atoms with Crippen LogP contribution in [-0.4, -0.2) is 5.11 Å². The number of phenolic OH excluding ortho intramolecular Hbond substituents is 1. The zero-order chi connectivity index (χ0) is 9.10. The van der Waals surface area contributed by atoms with Crippen molar-refractivity contribution >= 4 is 0 Å². The third kappa shape index (κ3) is 1.70. The van der Waals surface area contributed by atoms with Crippen LogP contribution in [0.15, 0.2) is 48.5 Å². The highest BCUT2D eigenvalue weighted by Gasteiger charge is 1.96. The molecule has 0 aliphatic heterocycles. The third-order valence-electron chi connectivity index (χ3n) is 1.89. The predicted molar refractivity (Wildman–Crippen MR) is 52.4 cm³/mol. The molecule has 0 aliphatic carbocycles. The van der Waals surface area contributed by atoms with E-state index in [-0.39, 0.29) is 5.75 Å². The fourth-order valence-electron chi connectivity index (χ4n) is 1.26. The van der Waals surface area contributed by atoms with E-state index in [0.717, 1.165) is 11.1 Å². The van der Waals surface area contributed by atoms with Gasteiger partial charge in [0.1, 0.15) is 5.75 Å². The number of hydrogen-bond acceptors (Lipinski definition) is 1. The number of phenols is 1. The second kappa shape index (κ2) is 3.31. The van der Waals surface area contributed by atoms with Gasteiger partial charge in [-0.15, -0.1) is 0 Å². The summed E-state index contributed by atoms with van der Waals surface area (Å²) in [6.45, 7) is 0. The first-order valence-electron chi connectivity index (χ1n) is 4.12. The zero-order valence-corrected chi connectivity index (χ0v) is 7.07. The van der Waals surface area contributed by atoms with Crippen LogP contribution >= 0.6 is 0 Å². The van der Waals surface area contributed by atoms with Crippen molar-refractivity contribution in [3.8, 4) is 16.9 Å². The van der Waals surface area contributed by atoms with Gasteiger partial charge >= 0.3 is 0 Å². The Balaban J connectivity index is 2.48. The average Bonchev–Trinajstić information content (AvgIpc) is 2.19. The molecule has 0 aliphatic rings. The van der Waals surface area contributed by atoms with E-state index in [2.05, 4.69) is 6.07 Å². The van der Waals surface area contributed by atoms with Crippen molar-refractivity contribution in [2.75, 3.05) is 0 Å². The van der Waals surface area contributed by atoms with Crippen LogP contribution in [-0.2, 0) is 0 Å². The van der Waals surface area contributed by atoms with Gasteiger partial charge in [-0.05, 0) is 23.3 Å². The van der Waals surface area contributed by atoms with Gasteiger partial charge in [0.05, 0.1) is 0 Å². The van der Waals surface area contributed by atoms with E-state index in [1.54, 1.807) is 12.1 Å². The summed E-state index contributed by atoms with van der Waals surface area (Å²) in [4.78, 5) is 0. The summed E-state index contributed by atoms with van der Waals surface area (Å²) in [6, 6.07) is 18.0. The molecule has 1 heteroatoms. The van der Waals surface area contributed by atoms with E-state index in [4.69, 9.17) is 0 Å². The number of aromatic hydroxyl groups is 1. The average molecular weight is 169 g/mol. The molecule has 1 nitrogen and oxygen atoms in total. The minimum Gasteiger partial charge on any atom is -0.507 e. The molecule has 2 aromatic rings. The Kier molecular flexibility index (Phi) is 2.01. The quantitative estimate of drug-likeness (QED) is 0.696. The van der Waals surface area contributed by atoms with Crippen LogP contribution in [0.3, 0.4) is 0 Å². The second-order valence-corrected chi connectivity index (χ2v) is 2.83. The third-order valence-corrected chi connectivity index (χ3v) is 1.89. The fraction of sp³-hybridized carbons (Fsp3) is 0. The van der Waals surface area contributed by atoms with Crippen LogP contribution in [0, 0.1) is 6.07 Å². The molecule has 0 fully saturated rings. The molecule has 0 bridgehead atoms. The first-order valence-corrected chi connectivity index (χ1v) is 4.12. The van der Waals surface area contributed by atoms with Crippen molar-refractivity contribution < 1.29 is 5.11 Å². The Morgan fingerprint density at radius 3 is 2.38 bits per heavy atom. The summed E-state index contributed by atoms with van der Waals surface area (Å²) in [6.07, 6.45) is 0. The van der Waals surface area contributed by atoms with Crippen LogP contribution < -0.4 is 0 Å². The lowest BCUT2D eigenvalue weighted by atomic mass is 10.1. The first-order chi connectivity index (χ1) is 6.36. The Hall–Kier alpha value is -1.76. The highest BCUT2D eigenvalue weighted by Crippen LogP contribution is 2.21. The molecule has 0 amide bonds. The van der Waals surface area contributed by atoms with Crippen LogP contribution in [0.1, 0.15) is 0 Å². The topological polar surface area (TPSA) is 20.2 Å². The number of hydrogen-bond donors (Lipinski definition) is 1. The molecule has 2 aromatic carbocycles. The summed E-state index contributed by atoms with van der Waals surface area (Å²) in [5.74, 6) is 0.182. The van der Waals surface area contributed by atoms with Crippen molar-refractivity contribution in [1.29, 1.82) is 0 Å². The molecular formula is C12H9O. The molecular weight excluding hydrogens is 160 g/mol. The van der Waals surface area contributed by atoms with E-state index in [9.17, 15) is 5.11 Å². The van der Waals surface area contributed by atoms with Crippen LogP contribution in [0.2, 0.25) is 0 Å². The SMILES string of the molecule is Oc1[c]ccc(-c2ccccc2)c1. The number of rotatable bonds is 1. The van der Waals surface area contributed by atoms with E-state index < -0.39 is 0 Å². The molecule has 0 saturated carbocycles. The first kappa shape index (κ1) is 7.87. The second-order valence-electron chi connectivity index (χ2n) is 2.83. The maximum atomic E-state index is 9.22. The van der Waals surface area contributed by atoms with Crippen LogP contribution in [0.25, 0.3) is 11.1 Å². The van der Waals surface area contributed by atoms with Crippen molar-refractivity contribution in [1.82, 2.24) is 0 Å². The van der Waals surface area contributed by atoms with Crippen LogP contribution in [0.4, 0.5) is 0 Å². The van der Waals surface area contributed by atoms with Gasteiger partial charge < -0.3 is 5.11 Å². The predicted octanol–water partition coefficient (Wildman–Crippen LogP) is 2.86. The molecule has 0 heterocycles. The van der Waals surface area contributed by atoms with Gasteiger partial charge in [-0.2, -0.15) is 0 Å². The highest BCUT2D eigenvalue weighted by molar-refractivity contribution is 5.64. The summed E-state index contributed by atoms with van der Waals surface area (Å²) < 4.78 is 0. The largest absolute Gasteiger partial charge is 0.507 e. The Labute approximate surface area is 77.3 Å². The van der Waals surface area contributed by atoms with E-state index in [1.807, 2.05) is 36.4 Å². The lowest BCUT2D eigenvalue weighted by molar-refractivity contribution is 0.474. The molecule has 0 saturated heterocycles. The Morgan fingerprint density at radius 2 is 1.69 bits per heavy atom. The minimum absolute atomic E-state index is 0.182. The van der Waals surface area contributed by atoms with Gasteiger partial charge in [0.15, 0.2) is 0 Å². The fourth-order valence-corrected chi connectivity index (χ4v) is 1.26. The Morgan fingerprint density at radius 1 is 0.923 bits per heavy atom. The standard InChI is InChI=1S/C12H9O/c13-12-8-4-7-11(9-12)10-5-2-1-3-6-10/h1-7,9,13H. The molecule has 1 N–H and O–H groups in total. The summed E-state index contributed by atoms with van der Waals surface area (Å²) in [5, 5.41) is 9.22. The number of benzene rings is 2. The molecule has 63 valence electrons. The summed E-state index contributed by atoms with van der Waals surface area (Å²) in [5.41, 5.74) is 2.11. The maximum Gasteiger partial charge on any atom is 0.124 e. The van der Waals surface area contributed by atoms with Crippen molar-refractivity contribution in [2.24, 2.45) is 0 Å². The van der Waals surface area contributed by atoms with Gasteiger partial charge in [0.25, 0.3) is 0 Å². The molecule has 0 aromatic heterocycles. The van der Waals surface area contributed by atoms with Gasteiger partial charge in [-0.3, -0.25) is 0 Å².